The van der Waals surface area contributed by atoms with Crippen LogP contribution in [0.4, 0.5) is 5.69 Å². The van der Waals surface area contributed by atoms with Gasteiger partial charge in [-0.05, 0) is 37.5 Å². The molecule has 0 heterocycles. The molecule has 4 heteroatoms. The molecule has 1 unspecified atom stereocenters. The van der Waals surface area contributed by atoms with Crippen molar-refractivity contribution < 1.29 is 9.53 Å². The van der Waals surface area contributed by atoms with Gasteiger partial charge in [0.15, 0.2) is 0 Å². The number of amides is 1. The molecule has 0 radical (unpaired) electrons. The molecule has 0 aromatic heterocycles. The Morgan fingerprint density at radius 1 is 1.38 bits per heavy atom. The number of nitrogen functional groups attached to an aromatic ring is 1. The minimum Gasteiger partial charge on any atom is -0.399 e. The Hall–Kier alpha value is -1.55. The zero-order valence-electron chi connectivity index (χ0n) is 12.8. The highest BCUT2D eigenvalue weighted by Crippen LogP contribution is 2.20. The second kappa shape index (κ2) is 8.03. The summed E-state index contributed by atoms with van der Waals surface area (Å²) in [4.78, 5) is 12.1. The molecule has 0 spiro atoms. The molecule has 4 nitrogen and oxygen atoms in total. The van der Waals surface area contributed by atoms with E-state index < -0.39 is 0 Å². The normalized spacial score (nSPS) is 17.4. The molecular weight excluding hydrogens is 264 g/mol. The van der Waals surface area contributed by atoms with E-state index in [1.807, 2.05) is 31.2 Å². The third-order valence-corrected chi connectivity index (χ3v) is 4.11. The molecule has 0 aliphatic heterocycles. The summed E-state index contributed by atoms with van der Waals surface area (Å²) in [6.45, 7) is 3.06. The highest BCUT2D eigenvalue weighted by molar-refractivity contribution is 5.83. The SMILES string of the molecule is CC(C(=O)NCCOC1CCCCC1)c1cccc(N)c1. The standard InChI is InChI=1S/C17H26N2O2/c1-13(14-6-5-7-15(18)12-14)17(20)19-10-11-21-16-8-3-2-4-9-16/h5-7,12-13,16H,2-4,8-11,18H2,1H3,(H,19,20). The van der Waals surface area contributed by atoms with E-state index in [-0.39, 0.29) is 11.8 Å². The van der Waals surface area contributed by atoms with Crippen molar-refractivity contribution in [2.24, 2.45) is 0 Å². The number of nitrogens with two attached hydrogens (primary N) is 1. The minimum absolute atomic E-state index is 0.0212. The van der Waals surface area contributed by atoms with Gasteiger partial charge in [-0.2, -0.15) is 0 Å². The number of carbonyl (C=O) groups is 1. The topological polar surface area (TPSA) is 64.3 Å². The summed E-state index contributed by atoms with van der Waals surface area (Å²) in [7, 11) is 0. The first kappa shape index (κ1) is 15.8. The Bertz CT molecular complexity index is 456. The second-order valence-corrected chi connectivity index (χ2v) is 5.81. The van der Waals surface area contributed by atoms with Crippen molar-refractivity contribution in [1.82, 2.24) is 5.32 Å². The number of nitrogens with one attached hydrogen (secondary N) is 1. The molecule has 1 aromatic carbocycles. The van der Waals surface area contributed by atoms with Crippen molar-refractivity contribution in [3.05, 3.63) is 29.8 Å². The zero-order chi connectivity index (χ0) is 15.1. The zero-order valence-corrected chi connectivity index (χ0v) is 12.8. The van der Waals surface area contributed by atoms with E-state index in [1.165, 1.54) is 19.3 Å². The molecule has 1 saturated carbocycles. The molecule has 1 amide bonds. The van der Waals surface area contributed by atoms with Crippen LogP contribution in [0.5, 0.6) is 0 Å². The van der Waals surface area contributed by atoms with Crippen LogP contribution in [0.2, 0.25) is 0 Å². The van der Waals surface area contributed by atoms with Crippen molar-refractivity contribution in [2.45, 2.75) is 51.0 Å². The summed E-state index contributed by atoms with van der Waals surface area (Å²) < 4.78 is 5.80. The number of ether oxygens (including phenoxy) is 1. The van der Waals surface area contributed by atoms with E-state index >= 15 is 0 Å². The third kappa shape index (κ3) is 5.05. The number of carbonyl (C=O) groups excluding carboxylic acids is 1. The van der Waals surface area contributed by atoms with Crippen LogP contribution in [-0.4, -0.2) is 25.2 Å². The van der Waals surface area contributed by atoms with Gasteiger partial charge in [0.1, 0.15) is 0 Å². The lowest BCUT2D eigenvalue weighted by Crippen LogP contribution is -2.32. The van der Waals surface area contributed by atoms with Gasteiger partial charge in [-0.25, -0.2) is 0 Å². The molecule has 1 aromatic rings. The first-order valence-electron chi connectivity index (χ1n) is 7.91. The predicted molar refractivity (Wildman–Crippen MR) is 85.1 cm³/mol. The monoisotopic (exact) mass is 290 g/mol. The predicted octanol–water partition coefficient (Wildman–Crippen LogP) is 2.84. The Kier molecular flexibility index (Phi) is 6.05. The van der Waals surface area contributed by atoms with Crippen molar-refractivity contribution in [2.75, 3.05) is 18.9 Å². The van der Waals surface area contributed by atoms with Crippen LogP contribution in [0.25, 0.3) is 0 Å². The van der Waals surface area contributed by atoms with Gasteiger partial charge in [-0.3, -0.25) is 4.79 Å². The van der Waals surface area contributed by atoms with Gasteiger partial charge in [0, 0.05) is 12.2 Å². The summed E-state index contributed by atoms with van der Waals surface area (Å²) in [5, 5.41) is 2.94. The van der Waals surface area contributed by atoms with E-state index in [0.717, 1.165) is 18.4 Å². The summed E-state index contributed by atoms with van der Waals surface area (Å²) in [6.07, 6.45) is 6.57. The fraction of sp³-hybridized carbons (Fsp3) is 0.588. The van der Waals surface area contributed by atoms with Crippen LogP contribution in [0, 0.1) is 0 Å². The average Bonchev–Trinajstić information content (AvgIpc) is 2.51. The van der Waals surface area contributed by atoms with Gasteiger partial charge in [0.25, 0.3) is 0 Å². The number of hydrogen-bond acceptors (Lipinski definition) is 3. The quantitative estimate of drug-likeness (QED) is 0.625. The second-order valence-electron chi connectivity index (χ2n) is 5.81. The van der Waals surface area contributed by atoms with Crippen LogP contribution in [-0.2, 0) is 9.53 Å². The molecule has 1 aliphatic carbocycles. The molecule has 0 saturated heterocycles. The van der Waals surface area contributed by atoms with Crippen molar-refractivity contribution in [3.8, 4) is 0 Å². The highest BCUT2D eigenvalue weighted by atomic mass is 16.5. The van der Waals surface area contributed by atoms with Crippen LogP contribution < -0.4 is 11.1 Å². The van der Waals surface area contributed by atoms with E-state index in [2.05, 4.69) is 5.32 Å². The van der Waals surface area contributed by atoms with Gasteiger partial charge in [0.2, 0.25) is 5.91 Å². The largest absolute Gasteiger partial charge is 0.399 e. The summed E-state index contributed by atoms with van der Waals surface area (Å²) >= 11 is 0. The molecule has 1 atom stereocenters. The van der Waals surface area contributed by atoms with Gasteiger partial charge in [-0.15, -0.1) is 0 Å². The molecule has 1 fully saturated rings. The smallest absolute Gasteiger partial charge is 0.227 e. The Morgan fingerprint density at radius 2 is 2.14 bits per heavy atom. The lowest BCUT2D eigenvalue weighted by atomic mass is 9.98. The third-order valence-electron chi connectivity index (χ3n) is 4.11. The summed E-state index contributed by atoms with van der Waals surface area (Å²) in [6, 6.07) is 7.48. The van der Waals surface area contributed by atoms with Crippen molar-refractivity contribution in [3.63, 3.8) is 0 Å². The maximum absolute atomic E-state index is 12.1. The first-order valence-corrected chi connectivity index (χ1v) is 7.91. The van der Waals surface area contributed by atoms with Crippen LogP contribution in [0.15, 0.2) is 24.3 Å². The number of benzene rings is 1. The first-order chi connectivity index (χ1) is 10.2. The Balaban J connectivity index is 1.69. The van der Waals surface area contributed by atoms with E-state index in [4.69, 9.17) is 10.5 Å². The molecule has 116 valence electrons. The molecule has 0 bridgehead atoms. The number of hydrogen-bond donors (Lipinski definition) is 2. The van der Waals surface area contributed by atoms with E-state index in [9.17, 15) is 4.79 Å². The lowest BCUT2D eigenvalue weighted by Gasteiger charge is -2.22. The average molecular weight is 290 g/mol. The number of anilines is 1. The summed E-state index contributed by atoms with van der Waals surface area (Å²) in [5.41, 5.74) is 7.38. The van der Waals surface area contributed by atoms with Crippen molar-refractivity contribution in [1.29, 1.82) is 0 Å². The highest BCUT2D eigenvalue weighted by Gasteiger charge is 2.16. The van der Waals surface area contributed by atoms with E-state index in [0.29, 0.717) is 24.9 Å². The van der Waals surface area contributed by atoms with Gasteiger partial charge >= 0.3 is 0 Å². The van der Waals surface area contributed by atoms with Gasteiger partial charge in [-0.1, -0.05) is 31.4 Å². The van der Waals surface area contributed by atoms with Crippen LogP contribution in [0.1, 0.15) is 50.5 Å². The molecule has 2 rings (SSSR count). The maximum atomic E-state index is 12.1. The Labute approximate surface area is 127 Å². The molecule has 1 aliphatic rings. The fourth-order valence-corrected chi connectivity index (χ4v) is 2.76. The van der Waals surface area contributed by atoms with Crippen LogP contribution in [0.3, 0.4) is 0 Å². The van der Waals surface area contributed by atoms with E-state index in [1.54, 1.807) is 0 Å². The molecule has 21 heavy (non-hydrogen) atoms. The number of rotatable bonds is 6. The fourth-order valence-electron chi connectivity index (χ4n) is 2.76. The Morgan fingerprint density at radius 3 is 2.86 bits per heavy atom. The molecule has 3 N–H and O–H groups in total. The van der Waals surface area contributed by atoms with Crippen LogP contribution >= 0.6 is 0 Å². The van der Waals surface area contributed by atoms with Crippen molar-refractivity contribution >= 4 is 11.6 Å². The molecular formula is C17H26N2O2. The van der Waals surface area contributed by atoms with Gasteiger partial charge in [0.05, 0.1) is 18.6 Å². The maximum Gasteiger partial charge on any atom is 0.227 e. The summed E-state index contributed by atoms with van der Waals surface area (Å²) in [5.74, 6) is -0.170. The minimum atomic E-state index is -0.191. The van der Waals surface area contributed by atoms with Gasteiger partial charge < -0.3 is 15.8 Å². The lowest BCUT2D eigenvalue weighted by molar-refractivity contribution is -0.122.